The molecule has 4 heterocycles. The largest absolute Gasteiger partial charge is 0.477 e. The summed E-state index contributed by atoms with van der Waals surface area (Å²) < 4.78 is 23.3. The van der Waals surface area contributed by atoms with Gasteiger partial charge < -0.3 is 20.1 Å². The third kappa shape index (κ3) is 3.07. The van der Waals surface area contributed by atoms with E-state index in [1.807, 2.05) is 10.3 Å². The van der Waals surface area contributed by atoms with E-state index in [1.165, 1.54) is 17.5 Å². The van der Waals surface area contributed by atoms with Crippen LogP contribution in [0.25, 0.3) is 10.9 Å². The summed E-state index contributed by atoms with van der Waals surface area (Å²) in [6, 6.07) is 1.20. The smallest absolute Gasteiger partial charge is 0.341 e. The van der Waals surface area contributed by atoms with Crippen LogP contribution in [0.2, 0.25) is 0 Å². The number of ether oxygens (including phenoxy) is 1. The molecule has 0 aliphatic carbocycles. The molecular formula is C21H22FN5O4S. The van der Waals surface area contributed by atoms with Crippen LogP contribution >= 0.6 is 11.3 Å². The molecule has 2 aromatic heterocycles. The van der Waals surface area contributed by atoms with Crippen LogP contribution in [0, 0.1) is 5.82 Å². The zero-order chi connectivity index (χ0) is 22.8. The zero-order valence-corrected chi connectivity index (χ0v) is 18.6. The number of carbonyl (C=O) groups is 1. The molecule has 2 N–H and O–H groups in total. The molecule has 0 bridgehead atoms. The van der Waals surface area contributed by atoms with Crippen LogP contribution in [0.5, 0.6) is 5.75 Å². The quantitative estimate of drug-likeness (QED) is 0.614. The first-order valence-electron chi connectivity index (χ1n) is 10.2. The molecule has 2 aliphatic heterocycles. The minimum absolute atomic E-state index is 0.0276. The van der Waals surface area contributed by atoms with Crippen LogP contribution in [0.4, 0.5) is 15.2 Å². The van der Waals surface area contributed by atoms with Crippen molar-refractivity contribution in [1.29, 1.82) is 0 Å². The molecule has 0 amide bonds. The third-order valence-electron chi connectivity index (χ3n) is 6.10. The number of aromatic nitrogens is 2. The molecule has 2 aliphatic rings. The van der Waals surface area contributed by atoms with E-state index < -0.39 is 28.5 Å². The molecule has 0 unspecified atom stereocenters. The van der Waals surface area contributed by atoms with Gasteiger partial charge in [-0.2, -0.15) is 0 Å². The molecule has 9 nitrogen and oxygen atoms in total. The monoisotopic (exact) mass is 459 g/mol. The number of carboxylic acids is 1. The Kier molecular flexibility index (Phi) is 4.55. The van der Waals surface area contributed by atoms with Crippen molar-refractivity contribution in [3.63, 3.8) is 0 Å². The van der Waals surface area contributed by atoms with Crippen molar-refractivity contribution in [2.45, 2.75) is 32.0 Å². The zero-order valence-electron chi connectivity index (χ0n) is 17.8. The van der Waals surface area contributed by atoms with E-state index in [0.29, 0.717) is 18.6 Å². The van der Waals surface area contributed by atoms with E-state index in [0.717, 1.165) is 17.6 Å². The van der Waals surface area contributed by atoms with E-state index >= 15 is 4.39 Å². The number of carboxylic acid groups (broad SMARTS) is 1. The first kappa shape index (κ1) is 20.6. The predicted octanol–water partition coefficient (Wildman–Crippen LogP) is 2.68. The summed E-state index contributed by atoms with van der Waals surface area (Å²) in [4.78, 5) is 30.6. The maximum absolute atomic E-state index is 15.5. The first-order valence-corrected chi connectivity index (χ1v) is 11.0. The molecule has 168 valence electrons. The number of rotatable bonds is 4. The van der Waals surface area contributed by atoms with Gasteiger partial charge in [-0.25, -0.2) is 14.2 Å². The fourth-order valence-electron chi connectivity index (χ4n) is 4.30. The van der Waals surface area contributed by atoms with E-state index in [-0.39, 0.29) is 22.9 Å². The highest BCUT2D eigenvalue weighted by Gasteiger charge is 2.39. The van der Waals surface area contributed by atoms with Crippen molar-refractivity contribution in [2.75, 3.05) is 35.4 Å². The highest BCUT2D eigenvalue weighted by atomic mass is 32.1. The van der Waals surface area contributed by atoms with E-state index in [1.54, 1.807) is 36.8 Å². The summed E-state index contributed by atoms with van der Waals surface area (Å²) in [6.07, 6.45) is 3.79. The molecule has 1 fully saturated rings. The molecule has 3 aromatic rings. The lowest BCUT2D eigenvalue weighted by molar-refractivity contribution is 0.0682. The van der Waals surface area contributed by atoms with Gasteiger partial charge >= 0.3 is 5.97 Å². The second kappa shape index (κ2) is 7.09. The Bertz CT molecular complexity index is 1290. The normalized spacial score (nSPS) is 19.3. The molecule has 11 heteroatoms. The molecule has 1 aromatic carbocycles. The number of nitrogens with zero attached hydrogens (tertiary/aromatic N) is 4. The SMILES string of the molecule is CN1n2cc(C(=O)O)c(=O)c3cc(F)c(N4CC[C@@H](Nc5nccs5)C4)c(c32)OC1(C)C. The lowest BCUT2D eigenvalue weighted by Gasteiger charge is -2.44. The van der Waals surface area contributed by atoms with Gasteiger partial charge in [0.25, 0.3) is 0 Å². The Labute approximate surface area is 186 Å². The molecule has 5 rings (SSSR count). The Balaban J connectivity index is 1.66. The molecule has 0 spiro atoms. The number of aromatic carboxylic acids is 1. The van der Waals surface area contributed by atoms with Crippen molar-refractivity contribution in [3.05, 3.63) is 45.4 Å². The Hall–Kier alpha value is -3.34. The van der Waals surface area contributed by atoms with Gasteiger partial charge in [-0.1, -0.05) is 0 Å². The highest BCUT2D eigenvalue weighted by Crippen LogP contribution is 2.44. The molecule has 32 heavy (non-hydrogen) atoms. The number of thiazole rings is 1. The summed E-state index contributed by atoms with van der Waals surface area (Å²) in [5.74, 6) is -1.74. The number of anilines is 2. The minimum atomic E-state index is -1.36. The van der Waals surface area contributed by atoms with Crippen LogP contribution in [0.15, 0.2) is 28.6 Å². The minimum Gasteiger partial charge on any atom is -0.477 e. The van der Waals surface area contributed by atoms with Gasteiger partial charge in [0.05, 0.1) is 5.39 Å². The standard InChI is InChI=1S/C21H22FN5O4S/c1-21(2)25(3)27-10-13(19(29)30)17(28)12-8-14(22)16(18(31-21)15(12)27)26-6-4-11(9-26)24-20-23-5-7-32-20/h5,7-8,10-11H,4,6,9H2,1-3H3,(H,23,24)(H,29,30)/t11-/m1/s1. The van der Waals surface area contributed by atoms with Gasteiger partial charge in [-0.05, 0) is 26.3 Å². The third-order valence-corrected chi connectivity index (χ3v) is 6.81. The number of hydrogen-bond acceptors (Lipinski definition) is 8. The average molecular weight is 460 g/mol. The topological polar surface area (TPSA) is 99.9 Å². The second-order valence-corrected chi connectivity index (χ2v) is 9.33. The highest BCUT2D eigenvalue weighted by molar-refractivity contribution is 7.13. The Morgan fingerprint density at radius 2 is 2.22 bits per heavy atom. The number of nitrogens with one attached hydrogen (secondary N) is 1. The Morgan fingerprint density at radius 1 is 1.44 bits per heavy atom. The predicted molar refractivity (Wildman–Crippen MR) is 120 cm³/mol. The number of benzene rings is 1. The van der Waals surface area contributed by atoms with Gasteiger partial charge in [-0.3, -0.25) is 14.5 Å². The van der Waals surface area contributed by atoms with Crippen LogP contribution in [-0.4, -0.2) is 52.6 Å². The molecular weight excluding hydrogens is 437 g/mol. The number of halogens is 1. The lowest BCUT2D eigenvalue weighted by atomic mass is 10.1. The maximum Gasteiger partial charge on any atom is 0.341 e. The van der Waals surface area contributed by atoms with E-state index in [9.17, 15) is 14.7 Å². The fourth-order valence-corrected chi connectivity index (χ4v) is 4.91. The van der Waals surface area contributed by atoms with Crippen LogP contribution in [0.3, 0.4) is 0 Å². The van der Waals surface area contributed by atoms with Gasteiger partial charge in [0.1, 0.15) is 16.8 Å². The van der Waals surface area contributed by atoms with E-state index in [2.05, 4.69) is 10.3 Å². The summed E-state index contributed by atoms with van der Waals surface area (Å²) in [5.41, 5.74) is -1.44. The van der Waals surface area contributed by atoms with Crippen LogP contribution in [-0.2, 0) is 0 Å². The molecule has 0 radical (unpaired) electrons. The van der Waals surface area contributed by atoms with Gasteiger partial charge in [0.15, 0.2) is 22.4 Å². The van der Waals surface area contributed by atoms with Crippen molar-refractivity contribution in [3.8, 4) is 5.75 Å². The maximum atomic E-state index is 15.5. The van der Waals surface area contributed by atoms with Crippen molar-refractivity contribution >= 4 is 39.0 Å². The van der Waals surface area contributed by atoms with Gasteiger partial charge in [0, 0.05) is 44.0 Å². The van der Waals surface area contributed by atoms with Crippen molar-refractivity contribution in [2.24, 2.45) is 0 Å². The summed E-state index contributed by atoms with van der Waals surface area (Å²) >= 11 is 1.50. The summed E-state index contributed by atoms with van der Waals surface area (Å²) in [6.45, 7) is 4.72. The Morgan fingerprint density at radius 3 is 2.91 bits per heavy atom. The summed E-state index contributed by atoms with van der Waals surface area (Å²) in [7, 11) is 1.73. The lowest BCUT2D eigenvalue weighted by Crippen LogP contribution is -2.55. The van der Waals surface area contributed by atoms with Crippen molar-refractivity contribution < 1.29 is 19.0 Å². The van der Waals surface area contributed by atoms with Gasteiger partial charge in [0.2, 0.25) is 5.43 Å². The number of hydrogen-bond donors (Lipinski definition) is 2. The average Bonchev–Trinajstić information content (AvgIpc) is 3.39. The van der Waals surface area contributed by atoms with Crippen LogP contribution < -0.4 is 25.4 Å². The molecule has 1 saturated heterocycles. The first-order chi connectivity index (χ1) is 15.2. The van der Waals surface area contributed by atoms with Gasteiger partial charge in [-0.15, -0.1) is 11.3 Å². The fraction of sp³-hybridized carbons (Fsp3) is 0.381. The second-order valence-electron chi connectivity index (χ2n) is 8.44. The van der Waals surface area contributed by atoms with Crippen LogP contribution in [0.1, 0.15) is 30.6 Å². The summed E-state index contributed by atoms with van der Waals surface area (Å²) in [5, 5.41) is 17.2. The molecule has 0 saturated carbocycles. The number of pyridine rings is 1. The van der Waals surface area contributed by atoms with Crippen molar-refractivity contribution in [1.82, 2.24) is 9.66 Å². The molecule has 1 atom stereocenters. The van der Waals surface area contributed by atoms with E-state index in [4.69, 9.17) is 4.74 Å².